The molecule has 0 fully saturated rings. The topological polar surface area (TPSA) is 70.2 Å². The second-order valence-electron chi connectivity index (χ2n) is 4.83. The molecule has 21 heavy (non-hydrogen) atoms. The summed E-state index contributed by atoms with van der Waals surface area (Å²) in [7, 11) is 0. The molecular weight excluding hydrogens is 290 g/mol. The van der Waals surface area contributed by atoms with Gasteiger partial charge in [-0.2, -0.15) is 0 Å². The fourth-order valence-electron chi connectivity index (χ4n) is 1.61. The molecule has 0 aliphatic heterocycles. The quantitative estimate of drug-likeness (QED) is 0.644. The fraction of sp³-hybridized carbons (Fsp3) is 0.467. The van der Waals surface area contributed by atoms with Crippen molar-refractivity contribution in [1.82, 2.24) is 10.6 Å². The van der Waals surface area contributed by atoms with Crippen LogP contribution >= 0.6 is 11.6 Å². The van der Waals surface area contributed by atoms with Gasteiger partial charge < -0.3 is 16.0 Å². The monoisotopic (exact) mass is 311 g/mol. The molecule has 1 unspecified atom stereocenters. The Morgan fingerprint density at radius 2 is 1.95 bits per heavy atom. The summed E-state index contributed by atoms with van der Waals surface area (Å²) < 4.78 is 0. The van der Waals surface area contributed by atoms with Crippen LogP contribution in [0.2, 0.25) is 5.02 Å². The molecule has 2 amide bonds. The van der Waals surface area contributed by atoms with E-state index in [1.165, 1.54) is 0 Å². The van der Waals surface area contributed by atoms with E-state index >= 15 is 0 Å². The van der Waals surface area contributed by atoms with Gasteiger partial charge in [0.25, 0.3) is 0 Å². The number of hydrogen-bond acceptors (Lipinski definition) is 3. The summed E-state index contributed by atoms with van der Waals surface area (Å²) in [4.78, 5) is 23.2. The van der Waals surface area contributed by atoms with Crippen LogP contribution in [-0.4, -0.2) is 30.9 Å². The summed E-state index contributed by atoms with van der Waals surface area (Å²) in [6.07, 6.45) is 1.25. The smallest absolute Gasteiger partial charge is 0.238 e. The minimum absolute atomic E-state index is 0.0108. The van der Waals surface area contributed by atoms with Crippen molar-refractivity contribution < 1.29 is 9.59 Å². The summed E-state index contributed by atoms with van der Waals surface area (Å²) >= 11 is 5.95. The van der Waals surface area contributed by atoms with Gasteiger partial charge in [-0.1, -0.05) is 30.7 Å². The highest BCUT2D eigenvalue weighted by atomic mass is 35.5. The number of carbonyl (C=O) groups is 2. The SMILES string of the molecule is CCC(C)NC(=O)CCNCC(=O)Nc1ccccc1Cl. The Hall–Kier alpha value is -1.59. The van der Waals surface area contributed by atoms with Crippen molar-refractivity contribution >= 4 is 29.1 Å². The number of halogens is 1. The summed E-state index contributed by atoms with van der Waals surface area (Å²) in [6.45, 7) is 4.57. The first-order valence-electron chi connectivity index (χ1n) is 7.07. The molecule has 0 spiro atoms. The fourth-order valence-corrected chi connectivity index (χ4v) is 1.79. The van der Waals surface area contributed by atoms with Gasteiger partial charge in [-0.15, -0.1) is 0 Å². The highest BCUT2D eigenvalue weighted by Crippen LogP contribution is 2.19. The van der Waals surface area contributed by atoms with Crippen LogP contribution in [-0.2, 0) is 9.59 Å². The van der Waals surface area contributed by atoms with E-state index in [4.69, 9.17) is 11.6 Å². The third kappa shape index (κ3) is 7.11. The third-order valence-corrected chi connectivity index (χ3v) is 3.31. The number of carbonyl (C=O) groups excluding carboxylic acids is 2. The number of amides is 2. The van der Waals surface area contributed by atoms with E-state index in [-0.39, 0.29) is 24.4 Å². The van der Waals surface area contributed by atoms with Gasteiger partial charge in [0.15, 0.2) is 0 Å². The molecule has 0 radical (unpaired) electrons. The molecule has 1 atom stereocenters. The Balaban J connectivity index is 2.20. The van der Waals surface area contributed by atoms with Gasteiger partial charge >= 0.3 is 0 Å². The second-order valence-corrected chi connectivity index (χ2v) is 5.24. The molecule has 3 N–H and O–H groups in total. The van der Waals surface area contributed by atoms with Crippen LogP contribution < -0.4 is 16.0 Å². The predicted octanol–water partition coefficient (Wildman–Crippen LogP) is 2.17. The van der Waals surface area contributed by atoms with Crippen LogP contribution in [0.3, 0.4) is 0 Å². The van der Waals surface area contributed by atoms with Gasteiger partial charge in [-0.3, -0.25) is 9.59 Å². The van der Waals surface area contributed by atoms with Crippen molar-refractivity contribution in [3.63, 3.8) is 0 Å². The molecule has 5 nitrogen and oxygen atoms in total. The second kappa shape index (κ2) is 9.37. The van der Waals surface area contributed by atoms with E-state index in [2.05, 4.69) is 16.0 Å². The predicted molar refractivity (Wildman–Crippen MR) is 85.5 cm³/mol. The zero-order chi connectivity index (χ0) is 15.7. The lowest BCUT2D eigenvalue weighted by molar-refractivity contribution is -0.122. The Labute approximate surface area is 130 Å². The van der Waals surface area contributed by atoms with Crippen molar-refractivity contribution in [2.24, 2.45) is 0 Å². The molecule has 116 valence electrons. The summed E-state index contributed by atoms with van der Waals surface area (Å²) in [6, 6.07) is 7.23. The molecule has 0 saturated heterocycles. The number of rotatable bonds is 8. The van der Waals surface area contributed by atoms with Crippen molar-refractivity contribution in [3.8, 4) is 0 Å². The maximum Gasteiger partial charge on any atom is 0.238 e. The van der Waals surface area contributed by atoms with E-state index < -0.39 is 0 Å². The molecule has 0 aliphatic carbocycles. The minimum atomic E-state index is -0.189. The van der Waals surface area contributed by atoms with Gasteiger partial charge in [0.05, 0.1) is 17.3 Å². The van der Waals surface area contributed by atoms with Crippen LogP contribution in [0.25, 0.3) is 0 Å². The Morgan fingerprint density at radius 3 is 2.62 bits per heavy atom. The number of hydrogen-bond donors (Lipinski definition) is 3. The Bertz CT molecular complexity index is 480. The molecule has 0 saturated carbocycles. The average Bonchev–Trinajstić information content (AvgIpc) is 2.46. The molecular formula is C15H22ClN3O2. The van der Waals surface area contributed by atoms with Crippen LogP contribution in [0.4, 0.5) is 5.69 Å². The first-order chi connectivity index (χ1) is 10.0. The van der Waals surface area contributed by atoms with Gasteiger partial charge in [0, 0.05) is 19.0 Å². The van der Waals surface area contributed by atoms with E-state index in [0.29, 0.717) is 23.7 Å². The number of anilines is 1. The molecule has 0 aliphatic rings. The molecule has 1 rings (SSSR count). The highest BCUT2D eigenvalue weighted by molar-refractivity contribution is 6.33. The van der Waals surface area contributed by atoms with Crippen molar-refractivity contribution in [3.05, 3.63) is 29.3 Å². The Morgan fingerprint density at radius 1 is 1.24 bits per heavy atom. The van der Waals surface area contributed by atoms with Crippen molar-refractivity contribution in [1.29, 1.82) is 0 Å². The van der Waals surface area contributed by atoms with Gasteiger partial charge in [0.1, 0.15) is 0 Å². The van der Waals surface area contributed by atoms with Gasteiger partial charge in [0.2, 0.25) is 11.8 Å². The molecule has 0 aromatic heterocycles. The van der Waals surface area contributed by atoms with E-state index in [1.807, 2.05) is 13.8 Å². The normalized spacial score (nSPS) is 11.8. The number of nitrogens with one attached hydrogen (secondary N) is 3. The van der Waals surface area contributed by atoms with Crippen LogP contribution in [0, 0.1) is 0 Å². The van der Waals surface area contributed by atoms with E-state index in [0.717, 1.165) is 6.42 Å². The van der Waals surface area contributed by atoms with Crippen molar-refractivity contribution in [2.45, 2.75) is 32.7 Å². The number of benzene rings is 1. The maximum absolute atomic E-state index is 11.7. The molecule has 0 bridgehead atoms. The number of para-hydroxylation sites is 1. The van der Waals surface area contributed by atoms with Crippen LogP contribution in [0.5, 0.6) is 0 Å². The van der Waals surface area contributed by atoms with Crippen molar-refractivity contribution in [2.75, 3.05) is 18.4 Å². The van der Waals surface area contributed by atoms with Crippen LogP contribution in [0.15, 0.2) is 24.3 Å². The lowest BCUT2D eigenvalue weighted by Gasteiger charge is -2.11. The maximum atomic E-state index is 11.7. The molecule has 1 aromatic rings. The first kappa shape index (κ1) is 17.5. The summed E-state index contributed by atoms with van der Waals surface area (Å²) in [5, 5.41) is 9.00. The summed E-state index contributed by atoms with van der Waals surface area (Å²) in [5.74, 6) is -0.200. The van der Waals surface area contributed by atoms with Gasteiger partial charge in [-0.05, 0) is 25.5 Å². The third-order valence-electron chi connectivity index (χ3n) is 2.98. The highest BCUT2D eigenvalue weighted by Gasteiger charge is 2.07. The van der Waals surface area contributed by atoms with E-state index in [9.17, 15) is 9.59 Å². The minimum Gasteiger partial charge on any atom is -0.354 e. The largest absolute Gasteiger partial charge is 0.354 e. The lowest BCUT2D eigenvalue weighted by Crippen LogP contribution is -2.35. The molecule has 1 aromatic carbocycles. The zero-order valence-corrected chi connectivity index (χ0v) is 13.2. The average molecular weight is 312 g/mol. The van der Waals surface area contributed by atoms with Gasteiger partial charge in [-0.25, -0.2) is 0 Å². The Kier molecular flexibility index (Phi) is 7.79. The standard InChI is InChI=1S/C15H22ClN3O2/c1-3-11(2)18-14(20)8-9-17-10-15(21)19-13-7-5-4-6-12(13)16/h4-7,11,17H,3,8-10H2,1-2H3,(H,18,20)(H,19,21). The molecule has 6 heteroatoms. The summed E-state index contributed by atoms with van der Waals surface area (Å²) in [5.41, 5.74) is 0.584. The van der Waals surface area contributed by atoms with Crippen LogP contribution in [0.1, 0.15) is 26.7 Å². The van der Waals surface area contributed by atoms with E-state index in [1.54, 1.807) is 24.3 Å². The first-order valence-corrected chi connectivity index (χ1v) is 7.45. The molecule has 0 heterocycles. The lowest BCUT2D eigenvalue weighted by atomic mass is 10.2. The zero-order valence-electron chi connectivity index (χ0n) is 12.4.